The van der Waals surface area contributed by atoms with Gasteiger partial charge in [0.2, 0.25) is 0 Å². The van der Waals surface area contributed by atoms with E-state index in [1.54, 1.807) is 12.1 Å². The second kappa shape index (κ2) is 8.28. The highest BCUT2D eigenvalue weighted by Gasteiger charge is 2.08. The van der Waals surface area contributed by atoms with Crippen LogP contribution in [0.1, 0.15) is 0 Å². The van der Waals surface area contributed by atoms with Crippen molar-refractivity contribution < 1.29 is 9.66 Å². The fourth-order valence-electron chi connectivity index (χ4n) is 1.37. The summed E-state index contributed by atoms with van der Waals surface area (Å²) in [6.07, 6.45) is 0. The summed E-state index contributed by atoms with van der Waals surface area (Å²) in [6.45, 7) is 2.89. The predicted molar refractivity (Wildman–Crippen MR) is 83.7 cm³/mol. The minimum atomic E-state index is -0.393. The van der Waals surface area contributed by atoms with Crippen LogP contribution in [-0.4, -0.2) is 50.2 Å². The molecule has 1 N–H and O–H groups in total. The molecule has 0 spiro atoms. The van der Waals surface area contributed by atoms with Gasteiger partial charge in [0.15, 0.2) is 0 Å². The second-order valence-corrected chi connectivity index (χ2v) is 5.43. The summed E-state index contributed by atoms with van der Waals surface area (Å²) in [7, 11) is 4.00. The highest BCUT2D eigenvalue weighted by Crippen LogP contribution is 2.23. The zero-order valence-electron chi connectivity index (χ0n) is 11.1. The Morgan fingerprint density at radius 2 is 2.16 bits per heavy atom. The van der Waals surface area contributed by atoms with E-state index in [0.29, 0.717) is 19.8 Å². The molecule has 0 aliphatic carbocycles. The van der Waals surface area contributed by atoms with Crippen LogP contribution < -0.4 is 5.32 Å². The maximum atomic E-state index is 10.6. The van der Waals surface area contributed by atoms with E-state index in [1.165, 1.54) is 6.07 Å². The lowest BCUT2D eigenvalue weighted by Gasteiger charge is -2.11. The Kier molecular flexibility index (Phi) is 7.03. The number of nitrogens with zero attached hydrogens (tertiary/aromatic N) is 2. The number of nitro benzene ring substituents is 1. The van der Waals surface area contributed by atoms with Crippen molar-refractivity contribution in [1.29, 1.82) is 0 Å². The first kappa shape index (κ1) is 16.1. The van der Waals surface area contributed by atoms with Crippen LogP contribution in [0.3, 0.4) is 0 Å². The van der Waals surface area contributed by atoms with Crippen LogP contribution in [0.2, 0.25) is 0 Å². The Balaban J connectivity index is 2.32. The van der Waals surface area contributed by atoms with Gasteiger partial charge < -0.3 is 15.0 Å². The van der Waals surface area contributed by atoms with Crippen molar-refractivity contribution in [1.82, 2.24) is 4.90 Å². The number of anilines is 1. The number of hydrogen-bond donors (Lipinski definition) is 1. The molecule has 6 nitrogen and oxygen atoms in total. The van der Waals surface area contributed by atoms with Gasteiger partial charge in [-0.25, -0.2) is 0 Å². The molecule has 1 aromatic carbocycles. The van der Waals surface area contributed by atoms with Crippen molar-refractivity contribution in [2.24, 2.45) is 0 Å². The zero-order valence-corrected chi connectivity index (χ0v) is 13.2. The molecule has 106 valence electrons. The van der Waals surface area contributed by atoms with Crippen molar-refractivity contribution in [3.63, 3.8) is 0 Å². The van der Waals surface area contributed by atoms with Crippen LogP contribution in [0.15, 0.2) is 18.2 Å². The fourth-order valence-corrected chi connectivity index (χ4v) is 2.06. The lowest BCUT2D eigenvalue weighted by atomic mass is 10.3. The largest absolute Gasteiger partial charge is 0.382 e. The Hall–Kier alpha value is -0.930. The first-order valence-corrected chi connectivity index (χ1v) is 6.99. The number of nitro groups is 1. The van der Waals surface area contributed by atoms with E-state index in [9.17, 15) is 10.1 Å². The highest BCUT2D eigenvalue weighted by atomic mass is 127. The molecule has 0 fully saturated rings. The number of ether oxygens (including phenoxy) is 1. The molecule has 0 saturated heterocycles. The Bertz CT molecular complexity index is 427. The molecule has 0 aliphatic heterocycles. The van der Waals surface area contributed by atoms with E-state index in [1.807, 2.05) is 14.1 Å². The topological polar surface area (TPSA) is 67.6 Å². The summed E-state index contributed by atoms with van der Waals surface area (Å²) >= 11 is 2.08. The van der Waals surface area contributed by atoms with Gasteiger partial charge in [0, 0.05) is 34.5 Å². The summed E-state index contributed by atoms with van der Waals surface area (Å²) in [5.74, 6) is 0. The standard InChI is InChI=1S/C12H18IN3O3/c1-15(2)6-8-19-7-5-14-12-4-3-10(16(17)18)9-11(12)13/h3-4,9,14H,5-8H2,1-2H3. The smallest absolute Gasteiger partial charge is 0.270 e. The molecular weight excluding hydrogens is 361 g/mol. The monoisotopic (exact) mass is 379 g/mol. The summed E-state index contributed by atoms with van der Waals surface area (Å²) in [6, 6.07) is 4.77. The SMILES string of the molecule is CN(C)CCOCCNc1ccc([N+](=O)[O-])cc1I. The Labute approximate surface area is 126 Å². The van der Waals surface area contributed by atoms with E-state index in [4.69, 9.17) is 4.74 Å². The third-order valence-electron chi connectivity index (χ3n) is 2.41. The molecule has 0 radical (unpaired) electrons. The number of likely N-dealkylation sites (N-methyl/N-ethyl adjacent to an activating group) is 1. The van der Waals surface area contributed by atoms with E-state index >= 15 is 0 Å². The zero-order chi connectivity index (χ0) is 14.3. The molecule has 1 rings (SSSR count). The Morgan fingerprint density at radius 1 is 1.42 bits per heavy atom. The van der Waals surface area contributed by atoms with E-state index in [2.05, 4.69) is 32.8 Å². The summed E-state index contributed by atoms with van der Waals surface area (Å²) in [5.41, 5.74) is 1.000. The van der Waals surface area contributed by atoms with Crippen molar-refractivity contribution in [2.75, 3.05) is 45.7 Å². The van der Waals surface area contributed by atoms with Gasteiger partial charge in [-0.2, -0.15) is 0 Å². The van der Waals surface area contributed by atoms with E-state index < -0.39 is 4.92 Å². The van der Waals surface area contributed by atoms with Crippen LogP contribution in [0.25, 0.3) is 0 Å². The minimum absolute atomic E-state index is 0.109. The molecule has 7 heteroatoms. The van der Waals surface area contributed by atoms with Crippen molar-refractivity contribution in [3.05, 3.63) is 31.9 Å². The average molecular weight is 379 g/mol. The number of hydrogen-bond acceptors (Lipinski definition) is 5. The van der Waals surface area contributed by atoms with E-state index in [-0.39, 0.29) is 5.69 Å². The lowest BCUT2D eigenvalue weighted by Crippen LogP contribution is -2.20. The fraction of sp³-hybridized carbons (Fsp3) is 0.500. The number of non-ortho nitro benzene ring substituents is 1. The van der Waals surface area contributed by atoms with Gasteiger partial charge in [-0.05, 0) is 42.8 Å². The number of halogens is 1. The first-order chi connectivity index (χ1) is 9.00. The van der Waals surface area contributed by atoms with Crippen LogP contribution in [-0.2, 0) is 4.74 Å². The third kappa shape index (κ3) is 6.17. The van der Waals surface area contributed by atoms with Crippen LogP contribution in [0.4, 0.5) is 11.4 Å². The number of rotatable bonds is 8. The molecule has 0 bridgehead atoms. The number of benzene rings is 1. The van der Waals surface area contributed by atoms with Gasteiger partial charge in [-0.15, -0.1) is 0 Å². The van der Waals surface area contributed by atoms with Gasteiger partial charge in [-0.3, -0.25) is 10.1 Å². The molecule has 0 aliphatic rings. The highest BCUT2D eigenvalue weighted by molar-refractivity contribution is 14.1. The van der Waals surface area contributed by atoms with Crippen molar-refractivity contribution in [3.8, 4) is 0 Å². The Morgan fingerprint density at radius 3 is 2.74 bits per heavy atom. The second-order valence-electron chi connectivity index (χ2n) is 4.26. The molecule has 1 aromatic rings. The summed E-state index contributed by atoms with van der Waals surface area (Å²) in [5, 5.41) is 13.8. The quantitative estimate of drug-likeness (QED) is 0.325. The van der Waals surface area contributed by atoms with Crippen LogP contribution in [0.5, 0.6) is 0 Å². The van der Waals surface area contributed by atoms with Gasteiger partial charge >= 0.3 is 0 Å². The normalized spacial score (nSPS) is 10.7. The molecule has 0 saturated carbocycles. The van der Waals surface area contributed by atoms with Crippen molar-refractivity contribution in [2.45, 2.75) is 0 Å². The minimum Gasteiger partial charge on any atom is -0.382 e. The van der Waals surface area contributed by atoms with Gasteiger partial charge in [0.25, 0.3) is 5.69 Å². The molecule has 0 aromatic heterocycles. The molecule has 0 heterocycles. The maximum Gasteiger partial charge on any atom is 0.270 e. The summed E-state index contributed by atoms with van der Waals surface area (Å²) in [4.78, 5) is 12.3. The number of nitrogens with one attached hydrogen (secondary N) is 1. The molecule has 19 heavy (non-hydrogen) atoms. The summed E-state index contributed by atoms with van der Waals surface area (Å²) < 4.78 is 6.29. The van der Waals surface area contributed by atoms with E-state index in [0.717, 1.165) is 15.8 Å². The van der Waals surface area contributed by atoms with Gasteiger partial charge in [0.1, 0.15) is 0 Å². The van der Waals surface area contributed by atoms with Crippen LogP contribution >= 0.6 is 22.6 Å². The first-order valence-electron chi connectivity index (χ1n) is 5.91. The molecule has 0 amide bonds. The third-order valence-corrected chi connectivity index (χ3v) is 3.30. The lowest BCUT2D eigenvalue weighted by molar-refractivity contribution is -0.384. The van der Waals surface area contributed by atoms with Gasteiger partial charge in [-0.1, -0.05) is 0 Å². The molecule has 0 atom stereocenters. The van der Waals surface area contributed by atoms with Gasteiger partial charge in [0.05, 0.1) is 18.1 Å². The average Bonchev–Trinajstić information content (AvgIpc) is 2.34. The predicted octanol–water partition coefficient (Wildman–Crippen LogP) is 2.19. The maximum absolute atomic E-state index is 10.6. The molecular formula is C12H18IN3O3. The van der Waals surface area contributed by atoms with Crippen LogP contribution in [0, 0.1) is 13.7 Å². The molecule has 0 unspecified atom stereocenters. The van der Waals surface area contributed by atoms with Crippen molar-refractivity contribution >= 4 is 34.0 Å².